The van der Waals surface area contributed by atoms with E-state index in [1.165, 1.54) is 32.7 Å². The third-order valence-electron chi connectivity index (χ3n) is 8.30. The molecular formula is C40H47N3O4. The summed E-state index contributed by atoms with van der Waals surface area (Å²) in [4.78, 5) is 14.0. The highest BCUT2D eigenvalue weighted by Gasteiger charge is 2.22. The van der Waals surface area contributed by atoms with Gasteiger partial charge in [-0.2, -0.15) is 0 Å². The van der Waals surface area contributed by atoms with E-state index >= 15 is 0 Å². The number of benzene rings is 5. The van der Waals surface area contributed by atoms with Crippen LogP contribution in [-0.4, -0.2) is 57.9 Å². The monoisotopic (exact) mass is 633 g/mol. The molecule has 5 rings (SSSR count). The molecule has 0 aliphatic heterocycles. The second kappa shape index (κ2) is 16.8. The fourth-order valence-electron chi connectivity index (χ4n) is 6.21. The van der Waals surface area contributed by atoms with Crippen LogP contribution in [0.5, 0.6) is 17.2 Å². The highest BCUT2D eigenvalue weighted by molar-refractivity contribution is 5.96. The minimum Gasteiger partial charge on any atom is -0.490 e. The number of carbonyl (C=O) groups excluding carboxylic acids is 1. The first-order chi connectivity index (χ1) is 23.0. The van der Waals surface area contributed by atoms with E-state index in [0.717, 1.165) is 13.0 Å². The van der Waals surface area contributed by atoms with Crippen LogP contribution >= 0.6 is 0 Å². The standard InChI is InChI=1S/C40H47N3O4/c1-5-45-37-24-32(25-38(46-6-2)39(37)47-7-3)40(44)43-34(23-31-19-13-17-29-15-9-11-21-36(29)31)27-42-33(26-41-4)22-30-18-12-16-28-14-8-10-20-35(28)30/h8-21,24-25,33-34,41-42H,5-7,22-23,26-27H2,1-4H3,(H,43,44)/t33-,34+/m1/s1. The molecule has 3 N–H and O–H groups in total. The number of carbonyl (C=O) groups is 1. The van der Waals surface area contributed by atoms with Crippen LogP contribution in [0.1, 0.15) is 42.3 Å². The van der Waals surface area contributed by atoms with Crippen molar-refractivity contribution in [2.24, 2.45) is 0 Å². The van der Waals surface area contributed by atoms with Gasteiger partial charge in [-0.3, -0.25) is 4.79 Å². The Morgan fingerprint density at radius 3 is 1.68 bits per heavy atom. The molecule has 5 aromatic rings. The van der Waals surface area contributed by atoms with Crippen molar-refractivity contribution in [1.82, 2.24) is 16.0 Å². The molecule has 2 atom stereocenters. The van der Waals surface area contributed by atoms with Gasteiger partial charge in [-0.05, 0) is 85.5 Å². The van der Waals surface area contributed by atoms with E-state index in [0.29, 0.717) is 55.6 Å². The first-order valence-electron chi connectivity index (χ1n) is 16.7. The summed E-state index contributed by atoms with van der Waals surface area (Å²) in [5.74, 6) is 1.32. The van der Waals surface area contributed by atoms with Crippen molar-refractivity contribution < 1.29 is 19.0 Å². The van der Waals surface area contributed by atoms with Gasteiger partial charge in [0.15, 0.2) is 11.5 Å². The average Bonchev–Trinajstić information content (AvgIpc) is 3.09. The fraction of sp³-hybridized carbons (Fsp3) is 0.325. The van der Waals surface area contributed by atoms with Crippen molar-refractivity contribution >= 4 is 27.5 Å². The van der Waals surface area contributed by atoms with Gasteiger partial charge in [-0.25, -0.2) is 0 Å². The van der Waals surface area contributed by atoms with E-state index in [9.17, 15) is 4.79 Å². The lowest BCUT2D eigenvalue weighted by molar-refractivity contribution is 0.0934. The van der Waals surface area contributed by atoms with Gasteiger partial charge in [0.1, 0.15) is 0 Å². The van der Waals surface area contributed by atoms with Crippen molar-refractivity contribution in [2.75, 3.05) is 40.0 Å². The molecule has 0 fully saturated rings. The second-order valence-electron chi connectivity index (χ2n) is 11.6. The maximum absolute atomic E-state index is 14.0. The summed E-state index contributed by atoms with van der Waals surface area (Å²) in [5.41, 5.74) is 2.95. The molecule has 5 aromatic carbocycles. The summed E-state index contributed by atoms with van der Waals surface area (Å²) < 4.78 is 17.7. The number of hydrogen-bond acceptors (Lipinski definition) is 6. The third-order valence-corrected chi connectivity index (χ3v) is 8.30. The molecule has 1 amide bonds. The number of amides is 1. The topological polar surface area (TPSA) is 80.9 Å². The first kappa shape index (κ1) is 33.8. The summed E-state index contributed by atoms with van der Waals surface area (Å²) in [7, 11) is 1.98. The maximum Gasteiger partial charge on any atom is 0.251 e. The lowest BCUT2D eigenvalue weighted by Crippen LogP contribution is -2.48. The summed E-state index contributed by atoms with van der Waals surface area (Å²) in [6.45, 7) is 8.44. The van der Waals surface area contributed by atoms with Gasteiger partial charge in [-0.1, -0.05) is 84.9 Å². The molecule has 47 heavy (non-hydrogen) atoms. The van der Waals surface area contributed by atoms with Crippen LogP contribution in [0.3, 0.4) is 0 Å². The molecule has 0 aromatic heterocycles. The van der Waals surface area contributed by atoms with Gasteiger partial charge < -0.3 is 30.2 Å². The maximum atomic E-state index is 14.0. The van der Waals surface area contributed by atoms with Crippen LogP contribution in [0.2, 0.25) is 0 Å². The fourth-order valence-corrected chi connectivity index (χ4v) is 6.21. The second-order valence-corrected chi connectivity index (χ2v) is 11.6. The van der Waals surface area contributed by atoms with E-state index in [1.807, 2.05) is 27.8 Å². The molecule has 0 aliphatic rings. The molecule has 0 aliphatic carbocycles. The van der Waals surface area contributed by atoms with Crippen LogP contribution in [0.4, 0.5) is 0 Å². The number of likely N-dealkylation sites (N-methyl/N-ethyl adjacent to an activating group) is 1. The minimum atomic E-state index is -0.196. The van der Waals surface area contributed by atoms with Gasteiger partial charge in [0.25, 0.3) is 5.91 Å². The quantitative estimate of drug-likeness (QED) is 0.103. The zero-order valence-corrected chi connectivity index (χ0v) is 28.0. The van der Waals surface area contributed by atoms with Gasteiger partial charge >= 0.3 is 0 Å². The molecular weight excluding hydrogens is 586 g/mol. The van der Waals surface area contributed by atoms with Gasteiger partial charge in [0.2, 0.25) is 5.75 Å². The van der Waals surface area contributed by atoms with Crippen LogP contribution < -0.4 is 30.2 Å². The first-order valence-corrected chi connectivity index (χ1v) is 16.7. The highest BCUT2D eigenvalue weighted by Crippen LogP contribution is 2.39. The Kier molecular flexibility index (Phi) is 12.1. The largest absolute Gasteiger partial charge is 0.490 e. The number of ether oxygens (including phenoxy) is 3. The van der Waals surface area contributed by atoms with Crippen molar-refractivity contribution in [2.45, 2.75) is 45.7 Å². The molecule has 7 nitrogen and oxygen atoms in total. The highest BCUT2D eigenvalue weighted by atomic mass is 16.5. The molecule has 0 spiro atoms. The summed E-state index contributed by atoms with van der Waals surface area (Å²) in [5, 5.41) is 15.4. The van der Waals surface area contributed by atoms with Crippen LogP contribution in [0.15, 0.2) is 97.1 Å². The van der Waals surface area contributed by atoms with Crippen molar-refractivity contribution in [3.8, 4) is 17.2 Å². The molecule has 7 heteroatoms. The van der Waals surface area contributed by atoms with Crippen LogP contribution in [-0.2, 0) is 12.8 Å². The normalized spacial score (nSPS) is 12.5. The lowest BCUT2D eigenvalue weighted by Gasteiger charge is -2.25. The smallest absolute Gasteiger partial charge is 0.251 e. The molecule has 0 radical (unpaired) electrons. The Hall–Kier alpha value is -4.59. The van der Waals surface area contributed by atoms with Gasteiger partial charge in [-0.15, -0.1) is 0 Å². The molecule has 0 saturated heterocycles. The number of fused-ring (bicyclic) bond motifs is 2. The van der Waals surface area contributed by atoms with Gasteiger partial charge in [0.05, 0.1) is 19.8 Å². The lowest BCUT2D eigenvalue weighted by atomic mass is 9.97. The predicted molar refractivity (Wildman–Crippen MR) is 192 cm³/mol. The van der Waals surface area contributed by atoms with Crippen LogP contribution in [0.25, 0.3) is 21.5 Å². The number of nitrogens with one attached hydrogen (secondary N) is 3. The molecule has 0 bridgehead atoms. The van der Waals surface area contributed by atoms with E-state index in [1.54, 1.807) is 12.1 Å². The molecule has 0 heterocycles. The van der Waals surface area contributed by atoms with Crippen LogP contribution in [0, 0.1) is 0 Å². The Balaban J connectivity index is 1.43. The Morgan fingerprint density at radius 2 is 1.15 bits per heavy atom. The summed E-state index contributed by atoms with van der Waals surface area (Å²) >= 11 is 0. The van der Waals surface area contributed by atoms with E-state index < -0.39 is 0 Å². The summed E-state index contributed by atoms with van der Waals surface area (Å²) in [6.07, 6.45) is 1.51. The van der Waals surface area contributed by atoms with E-state index in [2.05, 4.69) is 101 Å². The minimum absolute atomic E-state index is 0.150. The Labute approximate surface area is 278 Å². The predicted octanol–water partition coefficient (Wildman–Crippen LogP) is 6.95. The third kappa shape index (κ3) is 8.61. The zero-order chi connectivity index (χ0) is 33.0. The van der Waals surface area contributed by atoms with Crippen molar-refractivity contribution in [1.29, 1.82) is 0 Å². The number of hydrogen-bond donors (Lipinski definition) is 3. The Morgan fingerprint density at radius 1 is 0.638 bits per heavy atom. The van der Waals surface area contributed by atoms with E-state index in [-0.39, 0.29) is 18.0 Å². The van der Waals surface area contributed by atoms with Gasteiger partial charge in [0, 0.05) is 30.7 Å². The SMILES string of the molecule is CCOc1cc(C(=O)N[C@H](CN[C@@H](CNC)Cc2cccc3ccccc23)Cc2cccc3ccccc23)cc(OCC)c1OCC. The molecule has 0 saturated carbocycles. The Bertz CT molecular complexity index is 1730. The number of rotatable bonds is 17. The average molecular weight is 634 g/mol. The summed E-state index contributed by atoms with van der Waals surface area (Å²) in [6, 6.07) is 33.2. The van der Waals surface area contributed by atoms with Crippen molar-refractivity contribution in [3.05, 3.63) is 114 Å². The van der Waals surface area contributed by atoms with Crippen molar-refractivity contribution in [3.63, 3.8) is 0 Å². The zero-order valence-electron chi connectivity index (χ0n) is 28.0. The molecule has 0 unspecified atom stereocenters. The molecule has 246 valence electrons. The van der Waals surface area contributed by atoms with E-state index in [4.69, 9.17) is 14.2 Å².